The van der Waals surface area contributed by atoms with Crippen LogP contribution in [0.25, 0.3) is 0 Å². The molecule has 0 atom stereocenters. The van der Waals surface area contributed by atoms with Crippen molar-refractivity contribution in [2.75, 3.05) is 5.32 Å². The third-order valence-corrected chi connectivity index (χ3v) is 3.22. The third-order valence-electron chi connectivity index (χ3n) is 3.22. The lowest BCUT2D eigenvalue weighted by Crippen LogP contribution is -2.15. The van der Waals surface area contributed by atoms with Gasteiger partial charge in [-0.25, -0.2) is 0 Å². The second-order valence-electron chi connectivity index (χ2n) is 4.45. The van der Waals surface area contributed by atoms with Crippen molar-refractivity contribution in [2.24, 2.45) is 7.05 Å². The van der Waals surface area contributed by atoms with E-state index in [2.05, 4.69) is 15.4 Å². The average Bonchev–Trinajstić information content (AvgIpc) is 2.94. The summed E-state index contributed by atoms with van der Waals surface area (Å²) in [6.45, 7) is 0. The molecule has 0 spiro atoms. The summed E-state index contributed by atoms with van der Waals surface area (Å²) in [6, 6.07) is 3.50. The zero-order valence-corrected chi connectivity index (χ0v) is 10.2. The van der Waals surface area contributed by atoms with E-state index in [1.165, 1.54) is 5.56 Å². The van der Waals surface area contributed by atoms with Crippen molar-refractivity contribution in [3.63, 3.8) is 0 Å². The zero-order valence-electron chi connectivity index (χ0n) is 10.2. The number of pyridine rings is 1. The number of carbonyl (C=O) groups is 1. The minimum absolute atomic E-state index is 0.138. The van der Waals surface area contributed by atoms with E-state index in [4.69, 9.17) is 0 Å². The molecule has 2 heterocycles. The lowest BCUT2D eigenvalue weighted by molar-refractivity contribution is 0.102. The van der Waals surface area contributed by atoms with Gasteiger partial charge in [-0.2, -0.15) is 5.10 Å². The Labute approximate surface area is 105 Å². The number of hydrogen-bond acceptors (Lipinski definition) is 3. The van der Waals surface area contributed by atoms with Gasteiger partial charge in [0.1, 0.15) is 5.82 Å². The highest BCUT2D eigenvalue weighted by Crippen LogP contribution is 2.28. The number of aromatic nitrogens is 3. The quantitative estimate of drug-likeness (QED) is 0.869. The summed E-state index contributed by atoms with van der Waals surface area (Å²) in [6.07, 6.45) is 6.33. The van der Waals surface area contributed by atoms with E-state index >= 15 is 0 Å². The van der Waals surface area contributed by atoms with Crippen molar-refractivity contribution >= 4 is 11.7 Å². The van der Waals surface area contributed by atoms with E-state index in [-0.39, 0.29) is 5.91 Å². The van der Waals surface area contributed by atoms with E-state index in [9.17, 15) is 4.79 Å². The molecule has 0 bridgehead atoms. The molecule has 0 fully saturated rings. The van der Waals surface area contributed by atoms with E-state index in [0.717, 1.165) is 30.8 Å². The number of carbonyl (C=O) groups excluding carboxylic acids is 1. The summed E-state index contributed by atoms with van der Waals surface area (Å²) in [4.78, 5) is 16.0. The molecule has 2 aromatic heterocycles. The van der Waals surface area contributed by atoms with E-state index in [0.29, 0.717) is 5.56 Å². The van der Waals surface area contributed by atoms with Gasteiger partial charge in [-0.05, 0) is 31.4 Å². The smallest absolute Gasteiger partial charge is 0.258 e. The fourth-order valence-corrected chi connectivity index (χ4v) is 2.35. The van der Waals surface area contributed by atoms with Crippen LogP contribution in [0, 0.1) is 0 Å². The Bertz CT molecular complexity index is 589. The summed E-state index contributed by atoms with van der Waals surface area (Å²) in [5, 5.41) is 7.35. The van der Waals surface area contributed by atoms with Crippen LogP contribution in [0.2, 0.25) is 0 Å². The largest absolute Gasteiger partial charge is 0.306 e. The molecule has 1 N–H and O–H groups in total. The van der Waals surface area contributed by atoms with Crippen molar-refractivity contribution in [1.29, 1.82) is 0 Å². The van der Waals surface area contributed by atoms with Crippen LogP contribution in [-0.4, -0.2) is 20.7 Å². The fourth-order valence-electron chi connectivity index (χ4n) is 2.35. The Balaban J connectivity index is 1.87. The monoisotopic (exact) mass is 242 g/mol. The molecule has 1 amide bonds. The highest BCUT2D eigenvalue weighted by molar-refractivity contribution is 6.04. The van der Waals surface area contributed by atoms with Crippen LogP contribution in [0.4, 0.5) is 5.82 Å². The highest BCUT2D eigenvalue weighted by Gasteiger charge is 2.22. The Kier molecular flexibility index (Phi) is 2.59. The molecule has 5 nitrogen and oxygen atoms in total. The standard InChI is InChI=1S/C13H14N4O/c1-17-12(10-5-2-6-11(10)16-17)15-13(18)9-4-3-7-14-8-9/h3-4,7-8H,2,5-6H2,1H3,(H,15,18). The average molecular weight is 242 g/mol. The fraction of sp³-hybridized carbons (Fsp3) is 0.308. The maximum absolute atomic E-state index is 12.1. The molecule has 0 aliphatic heterocycles. The number of nitrogens with zero attached hydrogens (tertiary/aromatic N) is 3. The van der Waals surface area contributed by atoms with Crippen LogP contribution in [0.1, 0.15) is 28.0 Å². The Morgan fingerprint density at radius 1 is 1.44 bits per heavy atom. The number of rotatable bonds is 2. The van der Waals surface area contributed by atoms with Crippen LogP contribution in [0.5, 0.6) is 0 Å². The maximum atomic E-state index is 12.1. The van der Waals surface area contributed by atoms with Gasteiger partial charge in [-0.3, -0.25) is 14.5 Å². The molecular formula is C13H14N4O. The normalized spacial score (nSPS) is 13.4. The lowest BCUT2D eigenvalue weighted by atomic mass is 10.2. The first-order valence-electron chi connectivity index (χ1n) is 6.02. The first-order chi connectivity index (χ1) is 8.75. The summed E-state index contributed by atoms with van der Waals surface area (Å²) in [5.74, 6) is 0.678. The van der Waals surface area contributed by atoms with Gasteiger partial charge in [0.2, 0.25) is 0 Å². The molecule has 92 valence electrons. The number of hydrogen-bond donors (Lipinski definition) is 1. The Morgan fingerprint density at radius 3 is 3.11 bits per heavy atom. The summed E-state index contributed by atoms with van der Waals surface area (Å²) in [7, 11) is 1.86. The van der Waals surface area contributed by atoms with Gasteiger partial charge in [0.25, 0.3) is 5.91 Å². The van der Waals surface area contributed by atoms with Crippen molar-refractivity contribution in [3.05, 3.63) is 41.3 Å². The first kappa shape index (κ1) is 11.0. The van der Waals surface area contributed by atoms with Crippen LogP contribution in [0.3, 0.4) is 0 Å². The molecule has 0 radical (unpaired) electrons. The predicted molar refractivity (Wildman–Crippen MR) is 67.4 cm³/mol. The lowest BCUT2D eigenvalue weighted by Gasteiger charge is -2.07. The second-order valence-corrected chi connectivity index (χ2v) is 4.45. The summed E-state index contributed by atoms with van der Waals surface area (Å²) in [5.41, 5.74) is 2.85. The molecule has 1 aliphatic carbocycles. The first-order valence-corrected chi connectivity index (χ1v) is 6.02. The molecular weight excluding hydrogens is 228 g/mol. The van der Waals surface area contributed by atoms with Crippen LogP contribution in [-0.2, 0) is 19.9 Å². The summed E-state index contributed by atoms with van der Waals surface area (Å²) < 4.78 is 1.75. The van der Waals surface area contributed by atoms with Crippen molar-refractivity contribution < 1.29 is 4.79 Å². The number of nitrogens with one attached hydrogen (secondary N) is 1. The van der Waals surface area contributed by atoms with Gasteiger partial charge in [-0.15, -0.1) is 0 Å². The predicted octanol–water partition coefficient (Wildman–Crippen LogP) is 1.56. The maximum Gasteiger partial charge on any atom is 0.258 e. The molecule has 0 saturated heterocycles. The van der Waals surface area contributed by atoms with E-state index in [1.54, 1.807) is 29.2 Å². The minimum atomic E-state index is -0.138. The molecule has 0 unspecified atom stereocenters. The Hall–Kier alpha value is -2.17. The van der Waals surface area contributed by atoms with Crippen LogP contribution >= 0.6 is 0 Å². The third kappa shape index (κ3) is 1.77. The highest BCUT2D eigenvalue weighted by atomic mass is 16.1. The molecule has 3 rings (SSSR count). The zero-order chi connectivity index (χ0) is 12.5. The second kappa shape index (κ2) is 4.25. The minimum Gasteiger partial charge on any atom is -0.306 e. The number of fused-ring (bicyclic) bond motifs is 1. The molecule has 18 heavy (non-hydrogen) atoms. The van der Waals surface area contributed by atoms with E-state index < -0.39 is 0 Å². The van der Waals surface area contributed by atoms with Gasteiger partial charge >= 0.3 is 0 Å². The SMILES string of the molecule is Cn1nc2c(c1NC(=O)c1cccnc1)CCC2. The number of aryl methyl sites for hydroxylation is 2. The number of anilines is 1. The van der Waals surface area contributed by atoms with Crippen molar-refractivity contribution in [3.8, 4) is 0 Å². The van der Waals surface area contributed by atoms with Gasteiger partial charge in [0.15, 0.2) is 0 Å². The van der Waals surface area contributed by atoms with Gasteiger partial charge in [-0.1, -0.05) is 0 Å². The topological polar surface area (TPSA) is 59.8 Å². The molecule has 2 aromatic rings. The van der Waals surface area contributed by atoms with Crippen LogP contribution in [0.15, 0.2) is 24.5 Å². The molecule has 0 saturated carbocycles. The number of amides is 1. The molecule has 1 aliphatic rings. The van der Waals surface area contributed by atoms with Crippen molar-refractivity contribution in [2.45, 2.75) is 19.3 Å². The van der Waals surface area contributed by atoms with Crippen LogP contribution < -0.4 is 5.32 Å². The van der Waals surface area contributed by atoms with Gasteiger partial charge in [0, 0.05) is 25.0 Å². The Morgan fingerprint density at radius 2 is 2.33 bits per heavy atom. The van der Waals surface area contributed by atoms with Gasteiger partial charge in [0.05, 0.1) is 11.3 Å². The molecule has 0 aromatic carbocycles. The molecule has 5 heteroatoms. The van der Waals surface area contributed by atoms with E-state index in [1.807, 2.05) is 7.05 Å². The van der Waals surface area contributed by atoms with Crippen molar-refractivity contribution in [1.82, 2.24) is 14.8 Å². The van der Waals surface area contributed by atoms with Gasteiger partial charge < -0.3 is 5.32 Å². The summed E-state index contributed by atoms with van der Waals surface area (Å²) >= 11 is 0.